The van der Waals surface area contributed by atoms with Crippen LogP contribution in [0.1, 0.15) is 20.8 Å². The summed E-state index contributed by atoms with van der Waals surface area (Å²) in [5.74, 6) is -0.411. The van der Waals surface area contributed by atoms with Gasteiger partial charge in [0.15, 0.2) is 0 Å². The van der Waals surface area contributed by atoms with Crippen molar-refractivity contribution in [1.29, 1.82) is 0 Å². The van der Waals surface area contributed by atoms with E-state index in [1.807, 2.05) is 13.0 Å². The molecule has 2 N–H and O–H groups in total. The van der Waals surface area contributed by atoms with Gasteiger partial charge in [0.1, 0.15) is 4.88 Å². The van der Waals surface area contributed by atoms with Crippen molar-refractivity contribution >= 4 is 50.2 Å². The van der Waals surface area contributed by atoms with Crippen LogP contribution in [0.4, 0.5) is 11.4 Å². The van der Waals surface area contributed by atoms with E-state index in [0.717, 1.165) is 16.9 Å². The fourth-order valence-corrected chi connectivity index (χ4v) is 4.92. The number of sulfonamides is 1. The summed E-state index contributed by atoms with van der Waals surface area (Å²) in [4.78, 5) is 13.0. The number of nitrogens with one attached hydrogen (secondary N) is 2. The maximum absolute atomic E-state index is 12.8. The van der Waals surface area contributed by atoms with Crippen LogP contribution in [0.25, 0.3) is 0 Å². The van der Waals surface area contributed by atoms with E-state index in [1.54, 1.807) is 54.8 Å². The minimum atomic E-state index is -3.82. The second-order valence-electron chi connectivity index (χ2n) is 6.00. The molecule has 0 fully saturated rings. The minimum Gasteiger partial charge on any atom is -0.321 e. The highest BCUT2D eigenvalue weighted by atomic mass is 35.5. The van der Waals surface area contributed by atoms with E-state index in [-0.39, 0.29) is 15.5 Å². The second kappa shape index (κ2) is 7.72. The Balaban J connectivity index is 1.86. The van der Waals surface area contributed by atoms with E-state index in [1.165, 1.54) is 0 Å². The fourth-order valence-electron chi connectivity index (χ4n) is 2.52. The van der Waals surface area contributed by atoms with Crippen LogP contribution in [-0.4, -0.2) is 14.3 Å². The van der Waals surface area contributed by atoms with E-state index in [9.17, 15) is 13.2 Å². The number of anilines is 2. The summed E-state index contributed by atoms with van der Waals surface area (Å²) in [6.07, 6.45) is 0. The van der Waals surface area contributed by atoms with Gasteiger partial charge in [0.2, 0.25) is 0 Å². The Kier molecular flexibility index (Phi) is 5.55. The molecular weight excluding hydrogens is 404 g/mol. The van der Waals surface area contributed by atoms with Crippen LogP contribution >= 0.6 is 22.9 Å². The van der Waals surface area contributed by atoms with Crippen molar-refractivity contribution in [2.75, 3.05) is 10.0 Å². The summed E-state index contributed by atoms with van der Waals surface area (Å²) in [5, 5.41) is 4.88. The highest BCUT2D eigenvalue weighted by molar-refractivity contribution is 7.92. The lowest BCUT2D eigenvalue weighted by Crippen LogP contribution is -2.17. The van der Waals surface area contributed by atoms with Crippen LogP contribution in [0.5, 0.6) is 0 Å². The van der Waals surface area contributed by atoms with Crippen LogP contribution in [0.3, 0.4) is 0 Å². The minimum absolute atomic E-state index is 0.190. The van der Waals surface area contributed by atoms with Gasteiger partial charge in [-0.3, -0.25) is 9.52 Å². The zero-order valence-corrected chi connectivity index (χ0v) is 17.0. The number of carbonyl (C=O) groups excluding carboxylic acids is 1. The topological polar surface area (TPSA) is 75.3 Å². The number of carbonyl (C=O) groups is 1. The van der Waals surface area contributed by atoms with E-state index in [0.29, 0.717) is 16.3 Å². The lowest BCUT2D eigenvalue weighted by atomic mass is 10.2. The third-order valence-corrected chi connectivity index (χ3v) is 6.49. The molecule has 1 aromatic heterocycles. The van der Waals surface area contributed by atoms with Gasteiger partial charge in [-0.1, -0.05) is 29.8 Å². The van der Waals surface area contributed by atoms with Crippen LogP contribution < -0.4 is 10.0 Å². The molecule has 5 nitrogen and oxygen atoms in total. The van der Waals surface area contributed by atoms with Gasteiger partial charge in [0.05, 0.1) is 10.6 Å². The molecule has 0 radical (unpaired) electrons. The first-order valence-electron chi connectivity index (χ1n) is 8.01. The molecule has 0 aliphatic rings. The normalized spacial score (nSPS) is 11.2. The molecule has 1 amide bonds. The molecule has 0 saturated heterocycles. The van der Waals surface area contributed by atoms with Gasteiger partial charge in [-0.15, -0.1) is 11.3 Å². The molecule has 1 heterocycles. The predicted octanol–water partition coefficient (Wildman–Crippen LogP) is 5.07. The number of rotatable bonds is 5. The van der Waals surface area contributed by atoms with Crippen LogP contribution in [0.15, 0.2) is 58.8 Å². The summed E-state index contributed by atoms with van der Waals surface area (Å²) in [5.41, 5.74) is 2.24. The van der Waals surface area contributed by atoms with Crippen molar-refractivity contribution in [3.05, 3.63) is 74.9 Å². The monoisotopic (exact) mass is 420 g/mol. The zero-order chi connectivity index (χ0) is 19.6. The molecule has 0 aliphatic carbocycles. The van der Waals surface area contributed by atoms with Gasteiger partial charge >= 0.3 is 0 Å². The van der Waals surface area contributed by atoms with Gasteiger partial charge in [0, 0.05) is 10.7 Å². The Bertz CT molecular complexity index is 1110. The molecule has 27 heavy (non-hydrogen) atoms. The fraction of sp³-hybridized carbons (Fsp3) is 0.105. The molecule has 3 aromatic rings. The maximum Gasteiger partial charge on any atom is 0.267 e. The number of thiophene rings is 1. The molecule has 0 spiro atoms. The van der Waals surface area contributed by atoms with Crippen LogP contribution in [0.2, 0.25) is 5.02 Å². The zero-order valence-electron chi connectivity index (χ0n) is 14.6. The Morgan fingerprint density at radius 1 is 1.07 bits per heavy atom. The quantitative estimate of drug-likeness (QED) is 0.604. The first kappa shape index (κ1) is 19.4. The third kappa shape index (κ3) is 4.50. The number of aryl methyl sites for hydroxylation is 2. The smallest absolute Gasteiger partial charge is 0.267 e. The number of benzene rings is 2. The molecule has 3 rings (SSSR count). The standard InChI is InChI=1S/C19H17ClN2O3S2/c1-12-6-7-13(2)17(10-12)27(24,25)22-16-8-9-26-18(16)19(23)21-15-5-3-4-14(20)11-15/h3-11,22H,1-2H3,(H,21,23). The third-order valence-electron chi connectivity index (χ3n) is 3.83. The largest absolute Gasteiger partial charge is 0.321 e. The first-order chi connectivity index (χ1) is 12.8. The van der Waals surface area contributed by atoms with Crippen molar-refractivity contribution in [2.45, 2.75) is 18.7 Å². The molecule has 0 unspecified atom stereocenters. The van der Waals surface area contributed by atoms with E-state index in [4.69, 9.17) is 11.6 Å². The Morgan fingerprint density at radius 3 is 2.59 bits per heavy atom. The highest BCUT2D eigenvalue weighted by Gasteiger charge is 2.21. The van der Waals surface area contributed by atoms with Crippen molar-refractivity contribution in [3.63, 3.8) is 0 Å². The van der Waals surface area contributed by atoms with Gasteiger partial charge < -0.3 is 5.32 Å². The molecule has 0 aliphatic heterocycles. The predicted molar refractivity (Wildman–Crippen MR) is 110 cm³/mol. The number of hydrogen-bond acceptors (Lipinski definition) is 4. The van der Waals surface area contributed by atoms with Crippen molar-refractivity contribution in [3.8, 4) is 0 Å². The van der Waals surface area contributed by atoms with Crippen LogP contribution in [0, 0.1) is 13.8 Å². The number of halogens is 1. The summed E-state index contributed by atoms with van der Waals surface area (Å²) in [6, 6.07) is 13.5. The average molecular weight is 421 g/mol. The van der Waals surface area contributed by atoms with E-state index in [2.05, 4.69) is 10.0 Å². The summed E-state index contributed by atoms with van der Waals surface area (Å²) in [7, 11) is -3.82. The molecule has 0 saturated carbocycles. The highest BCUT2D eigenvalue weighted by Crippen LogP contribution is 2.28. The van der Waals surface area contributed by atoms with Crippen molar-refractivity contribution in [1.82, 2.24) is 0 Å². The molecular formula is C19H17ClN2O3S2. The molecule has 2 aromatic carbocycles. The summed E-state index contributed by atoms with van der Waals surface area (Å²) >= 11 is 7.08. The average Bonchev–Trinajstić information content (AvgIpc) is 3.04. The van der Waals surface area contributed by atoms with Crippen molar-refractivity contribution in [2.24, 2.45) is 0 Å². The van der Waals surface area contributed by atoms with E-state index < -0.39 is 15.9 Å². The SMILES string of the molecule is Cc1ccc(C)c(S(=O)(=O)Nc2ccsc2C(=O)Nc2cccc(Cl)c2)c1. The summed E-state index contributed by atoms with van der Waals surface area (Å²) < 4.78 is 28.1. The van der Waals surface area contributed by atoms with Crippen molar-refractivity contribution < 1.29 is 13.2 Å². The Hall–Kier alpha value is -2.35. The van der Waals surface area contributed by atoms with E-state index >= 15 is 0 Å². The molecule has 8 heteroatoms. The molecule has 0 bridgehead atoms. The second-order valence-corrected chi connectivity index (χ2v) is 9.01. The number of amides is 1. The lowest BCUT2D eigenvalue weighted by Gasteiger charge is -2.12. The Morgan fingerprint density at radius 2 is 1.85 bits per heavy atom. The Labute approximate surface area is 167 Å². The van der Waals surface area contributed by atoms with Crippen LogP contribution in [-0.2, 0) is 10.0 Å². The lowest BCUT2D eigenvalue weighted by molar-refractivity contribution is 0.103. The maximum atomic E-state index is 12.8. The first-order valence-corrected chi connectivity index (χ1v) is 10.7. The van der Waals surface area contributed by atoms with Gasteiger partial charge in [-0.25, -0.2) is 8.42 Å². The van der Waals surface area contributed by atoms with Gasteiger partial charge in [-0.2, -0.15) is 0 Å². The number of hydrogen-bond donors (Lipinski definition) is 2. The molecule has 140 valence electrons. The summed E-state index contributed by atoms with van der Waals surface area (Å²) in [6.45, 7) is 3.56. The van der Waals surface area contributed by atoms with Gasteiger partial charge in [-0.05, 0) is 60.7 Å². The van der Waals surface area contributed by atoms with Gasteiger partial charge in [0.25, 0.3) is 15.9 Å². The molecule has 0 atom stereocenters.